The number of rotatable bonds is 5. The zero-order valence-electron chi connectivity index (χ0n) is 20.2. The number of fused-ring (bicyclic) bond motifs is 8. The van der Waals surface area contributed by atoms with E-state index in [0.717, 1.165) is 38.4 Å². The Bertz CT molecular complexity index is 1920. The highest BCUT2D eigenvalue weighted by molar-refractivity contribution is 7.91. The first-order valence-electron chi connectivity index (χ1n) is 11.8. The van der Waals surface area contributed by atoms with Crippen molar-refractivity contribution in [2.45, 2.75) is 30.2 Å². The van der Waals surface area contributed by atoms with Crippen LogP contribution in [0.25, 0.3) is 32.7 Å². The van der Waals surface area contributed by atoms with Gasteiger partial charge in [-0.05, 0) is 79.6 Å². The van der Waals surface area contributed by atoms with Gasteiger partial charge in [0.1, 0.15) is 17.0 Å². The van der Waals surface area contributed by atoms with Crippen LogP contribution in [0.3, 0.4) is 0 Å². The maximum Gasteiger partial charge on any atom is 0.251 e. The van der Waals surface area contributed by atoms with Gasteiger partial charge in [0, 0.05) is 39.3 Å². The monoisotopic (exact) mass is 509 g/mol. The second-order valence-corrected chi connectivity index (χ2v) is 11.1. The van der Waals surface area contributed by atoms with Crippen LogP contribution in [-0.4, -0.2) is 19.3 Å². The summed E-state index contributed by atoms with van der Waals surface area (Å²) in [5.74, 6) is 0.245. The molecule has 0 spiro atoms. The SMILES string of the molecule is Cc1cc(N)nc(C)c1CNC(=O)c1ccc2c(c1)c1oc2c2cc(S(=O)(=O)c3ccccc3)ccc21. The number of nitrogen functional groups attached to an aromatic ring is 1. The molecule has 7 nitrogen and oxygen atoms in total. The van der Waals surface area contributed by atoms with Crippen molar-refractivity contribution in [2.24, 2.45) is 0 Å². The predicted molar refractivity (Wildman–Crippen MR) is 144 cm³/mol. The number of nitrogens with one attached hydrogen (secondary N) is 1. The first kappa shape index (κ1) is 23.0. The zero-order chi connectivity index (χ0) is 25.9. The van der Waals surface area contributed by atoms with Gasteiger partial charge in [0.15, 0.2) is 0 Å². The molecule has 0 unspecified atom stereocenters. The molecule has 3 aromatic heterocycles. The van der Waals surface area contributed by atoms with Crippen LogP contribution in [0.1, 0.15) is 27.2 Å². The number of nitrogens with two attached hydrogens (primary N) is 1. The van der Waals surface area contributed by atoms with E-state index in [9.17, 15) is 13.2 Å². The minimum atomic E-state index is -3.65. The van der Waals surface area contributed by atoms with Gasteiger partial charge in [0.2, 0.25) is 9.84 Å². The van der Waals surface area contributed by atoms with Gasteiger partial charge < -0.3 is 15.5 Å². The molecule has 0 aliphatic carbocycles. The molecular formula is C29H23N3O4S. The molecule has 0 saturated heterocycles. The van der Waals surface area contributed by atoms with Gasteiger partial charge in [-0.25, -0.2) is 13.4 Å². The summed E-state index contributed by atoms with van der Waals surface area (Å²) in [6.45, 7) is 4.15. The summed E-state index contributed by atoms with van der Waals surface area (Å²) in [5, 5.41) is 6.16. The Balaban J connectivity index is 1.34. The van der Waals surface area contributed by atoms with E-state index in [1.54, 1.807) is 60.7 Å². The molecule has 0 saturated carbocycles. The molecule has 0 atom stereocenters. The van der Waals surface area contributed by atoms with Gasteiger partial charge in [0.05, 0.1) is 9.79 Å². The van der Waals surface area contributed by atoms with Crippen molar-refractivity contribution >= 4 is 54.3 Å². The van der Waals surface area contributed by atoms with Crippen LogP contribution in [-0.2, 0) is 16.4 Å². The van der Waals surface area contributed by atoms with Gasteiger partial charge in [-0.2, -0.15) is 0 Å². The van der Waals surface area contributed by atoms with Crippen LogP contribution in [0, 0.1) is 13.8 Å². The first-order valence-corrected chi connectivity index (χ1v) is 13.2. The molecule has 0 aliphatic heterocycles. The highest BCUT2D eigenvalue weighted by Gasteiger charge is 2.23. The Morgan fingerprint density at radius 1 is 0.865 bits per heavy atom. The van der Waals surface area contributed by atoms with Crippen LogP contribution in [0.15, 0.2) is 87.0 Å². The maximum atomic E-state index is 13.1. The van der Waals surface area contributed by atoms with Crippen LogP contribution in [0.4, 0.5) is 5.82 Å². The van der Waals surface area contributed by atoms with Gasteiger partial charge >= 0.3 is 0 Å². The Hall–Kier alpha value is -4.43. The Morgan fingerprint density at radius 2 is 1.54 bits per heavy atom. The molecule has 1 amide bonds. The first-order chi connectivity index (χ1) is 17.7. The zero-order valence-corrected chi connectivity index (χ0v) is 21.0. The lowest BCUT2D eigenvalue weighted by Crippen LogP contribution is -2.24. The summed E-state index contributed by atoms with van der Waals surface area (Å²) < 4.78 is 32.3. The Kier molecular flexibility index (Phi) is 5.17. The molecule has 6 rings (SSSR count). The van der Waals surface area contributed by atoms with E-state index in [1.165, 1.54) is 0 Å². The summed E-state index contributed by atoms with van der Waals surface area (Å²) in [4.78, 5) is 17.7. The molecule has 6 aromatic rings. The third kappa shape index (κ3) is 3.68. The fraction of sp³-hybridized carbons (Fsp3) is 0.103. The average molecular weight is 510 g/mol. The predicted octanol–water partition coefficient (Wildman–Crippen LogP) is 5.53. The van der Waals surface area contributed by atoms with Crippen molar-refractivity contribution < 1.29 is 17.6 Å². The number of furan rings is 2. The quantitative estimate of drug-likeness (QED) is 0.295. The minimum Gasteiger partial charge on any atom is -0.455 e. The number of benzene rings is 4. The van der Waals surface area contributed by atoms with E-state index in [0.29, 0.717) is 29.1 Å². The van der Waals surface area contributed by atoms with Crippen molar-refractivity contribution in [1.82, 2.24) is 10.3 Å². The third-order valence-electron chi connectivity index (χ3n) is 6.82. The van der Waals surface area contributed by atoms with Crippen molar-refractivity contribution in [3.63, 3.8) is 0 Å². The van der Waals surface area contributed by atoms with Gasteiger partial charge in [0.25, 0.3) is 5.91 Å². The van der Waals surface area contributed by atoms with Gasteiger partial charge in [-0.1, -0.05) is 18.2 Å². The smallest absolute Gasteiger partial charge is 0.251 e. The fourth-order valence-electron chi connectivity index (χ4n) is 4.92. The number of aromatic nitrogens is 1. The van der Waals surface area contributed by atoms with E-state index in [-0.39, 0.29) is 15.7 Å². The number of hydrogen-bond donors (Lipinski definition) is 2. The Labute approximate surface area is 213 Å². The Morgan fingerprint density at radius 3 is 2.24 bits per heavy atom. The number of nitrogens with zero attached hydrogens (tertiary/aromatic N) is 1. The molecule has 3 aromatic carbocycles. The standard InChI is InChI=1S/C29H23N3O4S/c1-16-12-26(30)32-17(2)25(16)15-31-29(33)18-8-10-21-23(13-18)27-22-11-9-20(14-24(22)28(21)36-27)37(34,35)19-6-4-3-5-7-19/h3-14H,15H2,1-2H3,(H2,30,32)(H,31,33). The molecule has 2 bridgehead atoms. The fourth-order valence-corrected chi connectivity index (χ4v) is 6.23. The highest BCUT2D eigenvalue weighted by atomic mass is 32.2. The van der Waals surface area contributed by atoms with E-state index < -0.39 is 9.84 Å². The van der Waals surface area contributed by atoms with Crippen LogP contribution < -0.4 is 11.1 Å². The number of aryl methyl sites for hydroxylation is 2. The topological polar surface area (TPSA) is 115 Å². The molecule has 8 heteroatoms. The van der Waals surface area contributed by atoms with Crippen LogP contribution in [0.2, 0.25) is 0 Å². The second kappa shape index (κ2) is 8.31. The highest BCUT2D eigenvalue weighted by Crippen LogP contribution is 2.42. The number of pyridine rings is 1. The lowest BCUT2D eigenvalue weighted by Gasteiger charge is -2.11. The molecule has 184 valence electrons. The molecule has 0 aliphatic rings. The number of anilines is 1. The number of hydrogen-bond acceptors (Lipinski definition) is 6. The van der Waals surface area contributed by atoms with Gasteiger partial charge in [-0.15, -0.1) is 0 Å². The van der Waals surface area contributed by atoms with E-state index in [2.05, 4.69) is 10.3 Å². The molecule has 3 N–H and O–H groups in total. The van der Waals surface area contributed by atoms with E-state index >= 15 is 0 Å². The van der Waals surface area contributed by atoms with Gasteiger partial charge in [-0.3, -0.25) is 4.79 Å². The third-order valence-corrected chi connectivity index (χ3v) is 8.59. The summed E-state index contributed by atoms with van der Waals surface area (Å²) in [7, 11) is -3.65. The summed E-state index contributed by atoms with van der Waals surface area (Å²) in [5.41, 5.74) is 10.2. The van der Waals surface area contributed by atoms with E-state index in [1.807, 2.05) is 26.0 Å². The summed E-state index contributed by atoms with van der Waals surface area (Å²) in [6.07, 6.45) is 0. The van der Waals surface area contributed by atoms with Crippen molar-refractivity contribution in [1.29, 1.82) is 0 Å². The van der Waals surface area contributed by atoms with Crippen molar-refractivity contribution in [3.8, 4) is 0 Å². The number of amides is 1. The van der Waals surface area contributed by atoms with Crippen LogP contribution >= 0.6 is 0 Å². The largest absolute Gasteiger partial charge is 0.455 e. The molecule has 0 radical (unpaired) electrons. The lowest BCUT2D eigenvalue weighted by molar-refractivity contribution is 0.0951. The molecule has 0 fully saturated rings. The maximum absolute atomic E-state index is 13.1. The molecule has 3 heterocycles. The van der Waals surface area contributed by atoms with E-state index in [4.69, 9.17) is 10.2 Å². The lowest BCUT2D eigenvalue weighted by atomic mass is 10.0. The second-order valence-electron chi connectivity index (χ2n) is 9.16. The normalized spacial score (nSPS) is 12.1. The average Bonchev–Trinajstić information content (AvgIpc) is 3.45. The van der Waals surface area contributed by atoms with Crippen LogP contribution in [0.5, 0.6) is 0 Å². The minimum absolute atomic E-state index is 0.210. The van der Waals surface area contributed by atoms with Crippen molar-refractivity contribution in [2.75, 3.05) is 5.73 Å². The molecular weight excluding hydrogens is 486 g/mol. The van der Waals surface area contributed by atoms with Crippen molar-refractivity contribution in [3.05, 3.63) is 95.2 Å². The summed E-state index contributed by atoms with van der Waals surface area (Å²) >= 11 is 0. The summed E-state index contributed by atoms with van der Waals surface area (Å²) in [6, 6.07) is 20.6. The molecule has 37 heavy (non-hydrogen) atoms. The number of carbonyl (C=O) groups excluding carboxylic acids is 1. The number of carbonyl (C=O) groups is 1. The number of sulfone groups is 1.